The van der Waals surface area contributed by atoms with Crippen molar-refractivity contribution >= 4 is 0 Å². The minimum absolute atomic E-state index is 0.175. The van der Waals surface area contributed by atoms with Crippen LogP contribution in [0, 0.1) is 0 Å². The maximum atomic E-state index is 5.89. The van der Waals surface area contributed by atoms with Gasteiger partial charge in [-0.25, -0.2) is 0 Å². The molecule has 0 aromatic heterocycles. The van der Waals surface area contributed by atoms with E-state index in [0.717, 1.165) is 19.4 Å². The van der Waals surface area contributed by atoms with Gasteiger partial charge < -0.3 is 15.2 Å². The lowest BCUT2D eigenvalue weighted by atomic mass is 10.2. The minimum atomic E-state index is 0.175. The zero-order chi connectivity index (χ0) is 9.68. The van der Waals surface area contributed by atoms with Gasteiger partial charge in [-0.2, -0.15) is 0 Å². The first kappa shape index (κ1) is 11.0. The highest BCUT2D eigenvalue weighted by molar-refractivity contribution is 4.81. The maximum absolute atomic E-state index is 5.89. The zero-order valence-corrected chi connectivity index (χ0v) is 8.66. The predicted molar refractivity (Wildman–Crippen MR) is 52.7 cm³/mol. The van der Waals surface area contributed by atoms with Crippen molar-refractivity contribution in [2.24, 2.45) is 5.73 Å². The lowest BCUT2D eigenvalue weighted by Crippen LogP contribution is -2.35. The van der Waals surface area contributed by atoms with Gasteiger partial charge in [-0.1, -0.05) is 0 Å². The second kappa shape index (κ2) is 5.58. The topological polar surface area (TPSA) is 44.5 Å². The molecular formula is C10H21NO2. The third-order valence-corrected chi connectivity index (χ3v) is 2.47. The van der Waals surface area contributed by atoms with Gasteiger partial charge in [-0.15, -0.1) is 0 Å². The summed E-state index contributed by atoms with van der Waals surface area (Å²) in [6.07, 6.45) is 3.85. The smallest absolute Gasteiger partial charge is 0.0785 e. The molecule has 0 radical (unpaired) electrons. The molecule has 1 saturated carbocycles. The molecule has 3 heteroatoms. The van der Waals surface area contributed by atoms with Crippen LogP contribution >= 0.6 is 0 Å². The second-order valence-corrected chi connectivity index (χ2v) is 3.74. The summed E-state index contributed by atoms with van der Waals surface area (Å²) in [7, 11) is 0. The molecule has 2 N–H and O–H groups in total. The number of rotatable bonds is 5. The molecule has 0 bridgehead atoms. The van der Waals surface area contributed by atoms with Crippen LogP contribution in [0.2, 0.25) is 0 Å². The van der Waals surface area contributed by atoms with Crippen LogP contribution in [0.15, 0.2) is 0 Å². The molecule has 0 amide bonds. The molecule has 1 aliphatic carbocycles. The first-order valence-electron chi connectivity index (χ1n) is 5.22. The van der Waals surface area contributed by atoms with Gasteiger partial charge >= 0.3 is 0 Å². The highest BCUT2D eigenvalue weighted by Crippen LogP contribution is 2.21. The molecule has 0 aliphatic heterocycles. The van der Waals surface area contributed by atoms with Crippen LogP contribution in [0.1, 0.15) is 33.1 Å². The zero-order valence-electron chi connectivity index (χ0n) is 8.66. The molecule has 0 aromatic rings. The molecule has 3 unspecified atom stereocenters. The lowest BCUT2D eigenvalue weighted by molar-refractivity contribution is -0.0483. The van der Waals surface area contributed by atoms with Crippen LogP contribution < -0.4 is 5.73 Å². The summed E-state index contributed by atoms with van der Waals surface area (Å²) >= 11 is 0. The summed E-state index contributed by atoms with van der Waals surface area (Å²) in [5.41, 5.74) is 5.89. The Balaban J connectivity index is 2.15. The van der Waals surface area contributed by atoms with Crippen molar-refractivity contribution in [2.45, 2.75) is 51.4 Å². The predicted octanol–water partition coefficient (Wildman–Crippen LogP) is 1.31. The monoisotopic (exact) mass is 187 g/mol. The molecule has 3 atom stereocenters. The van der Waals surface area contributed by atoms with Crippen molar-refractivity contribution in [1.29, 1.82) is 0 Å². The van der Waals surface area contributed by atoms with E-state index in [1.807, 2.05) is 13.8 Å². The maximum Gasteiger partial charge on any atom is 0.0785 e. The van der Waals surface area contributed by atoms with Crippen molar-refractivity contribution in [2.75, 3.05) is 13.2 Å². The standard InChI is InChI=1S/C10H21NO2/c1-3-12-7-8(2)13-10-6-4-5-9(10)11/h8-10H,3-7,11H2,1-2H3. The van der Waals surface area contributed by atoms with Crippen LogP contribution in [0.25, 0.3) is 0 Å². The summed E-state index contributed by atoms with van der Waals surface area (Å²) in [6.45, 7) is 5.47. The van der Waals surface area contributed by atoms with Crippen molar-refractivity contribution in [3.63, 3.8) is 0 Å². The normalized spacial score (nSPS) is 30.7. The third kappa shape index (κ3) is 3.63. The van der Waals surface area contributed by atoms with E-state index in [0.29, 0.717) is 6.61 Å². The number of hydrogen-bond acceptors (Lipinski definition) is 3. The summed E-state index contributed by atoms with van der Waals surface area (Å²) in [6, 6.07) is 0.240. The van der Waals surface area contributed by atoms with Crippen molar-refractivity contribution < 1.29 is 9.47 Å². The van der Waals surface area contributed by atoms with E-state index in [1.165, 1.54) is 6.42 Å². The molecule has 1 rings (SSSR count). The Labute approximate surface area is 80.6 Å². The van der Waals surface area contributed by atoms with E-state index in [4.69, 9.17) is 15.2 Å². The molecule has 3 nitrogen and oxygen atoms in total. The number of ether oxygens (including phenoxy) is 2. The molecule has 1 fully saturated rings. The van der Waals surface area contributed by atoms with E-state index >= 15 is 0 Å². The summed E-state index contributed by atoms with van der Waals surface area (Å²) in [5, 5.41) is 0. The van der Waals surface area contributed by atoms with Gasteiger partial charge in [0.25, 0.3) is 0 Å². The quantitative estimate of drug-likeness (QED) is 0.705. The summed E-state index contributed by atoms with van der Waals surface area (Å²) in [5.74, 6) is 0. The van der Waals surface area contributed by atoms with E-state index in [-0.39, 0.29) is 18.2 Å². The van der Waals surface area contributed by atoms with Crippen molar-refractivity contribution in [3.05, 3.63) is 0 Å². The number of hydrogen-bond donors (Lipinski definition) is 1. The van der Waals surface area contributed by atoms with E-state index in [9.17, 15) is 0 Å². The van der Waals surface area contributed by atoms with Crippen LogP contribution in [-0.2, 0) is 9.47 Å². The molecular weight excluding hydrogens is 166 g/mol. The molecule has 1 aliphatic rings. The van der Waals surface area contributed by atoms with Gasteiger partial charge in [0.1, 0.15) is 0 Å². The second-order valence-electron chi connectivity index (χ2n) is 3.74. The first-order valence-corrected chi connectivity index (χ1v) is 5.22. The Bertz CT molecular complexity index is 141. The summed E-state index contributed by atoms with van der Waals surface area (Å²) in [4.78, 5) is 0. The Morgan fingerprint density at radius 1 is 1.46 bits per heavy atom. The molecule has 13 heavy (non-hydrogen) atoms. The highest BCUT2D eigenvalue weighted by atomic mass is 16.5. The molecule has 0 heterocycles. The van der Waals surface area contributed by atoms with Gasteiger partial charge in [-0.3, -0.25) is 0 Å². The Morgan fingerprint density at radius 2 is 2.23 bits per heavy atom. The molecule has 0 aromatic carbocycles. The molecule has 0 spiro atoms. The fourth-order valence-corrected chi connectivity index (χ4v) is 1.75. The Hall–Kier alpha value is -0.120. The third-order valence-electron chi connectivity index (χ3n) is 2.47. The van der Waals surface area contributed by atoms with Gasteiger partial charge in [0.05, 0.1) is 18.8 Å². The van der Waals surface area contributed by atoms with Gasteiger partial charge in [0.15, 0.2) is 0 Å². The van der Waals surface area contributed by atoms with E-state index in [2.05, 4.69) is 0 Å². The highest BCUT2D eigenvalue weighted by Gasteiger charge is 2.25. The van der Waals surface area contributed by atoms with E-state index < -0.39 is 0 Å². The van der Waals surface area contributed by atoms with Gasteiger partial charge in [0, 0.05) is 12.6 Å². The van der Waals surface area contributed by atoms with Crippen LogP contribution in [0.4, 0.5) is 0 Å². The van der Waals surface area contributed by atoms with Crippen molar-refractivity contribution in [1.82, 2.24) is 0 Å². The SMILES string of the molecule is CCOCC(C)OC1CCCC1N. The van der Waals surface area contributed by atoms with Crippen LogP contribution in [0.3, 0.4) is 0 Å². The fraction of sp³-hybridized carbons (Fsp3) is 1.00. The van der Waals surface area contributed by atoms with Crippen LogP contribution in [0.5, 0.6) is 0 Å². The Morgan fingerprint density at radius 3 is 2.77 bits per heavy atom. The summed E-state index contributed by atoms with van der Waals surface area (Å²) < 4.78 is 11.1. The van der Waals surface area contributed by atoms with Crippen molar-refractivity contribution in [3.8, 4) is 0 Å². The van der Waals surface area contributed by atoms with Gasteiger partial charge in [0.2, 0.25) is 0 Å². The fourth-order valence-electron chi connectivity index (χ4n) is 1.75. The largest absolute Gasteiger partial charge is 0.379 e. The van der Waals surface area contributed by atoms with Gasteiger partial charge in [-0.05, 0) is 33.1 Å². The average molecular weight is 187 g/mol. The molecule has 78 valence electrons. The van der Waals surface area contributed by atoms with Crippen LogP contribution in [-0.4, -0.2) is 31.5 Å². The molecule has 0 saturated heterocycles. The average Bonchev–Trinajstić information content (AvgIpc) is 2.48. The lowest BCUT2D eigenvalue weighted by Gasteiger charge is -2.21. The van der Waals surface area contributed by atoms with E-state index in [1.54, 1.807) is 0 Å². The number of nitrogens with two attached hydrogens (primary N) is 1. The minimum Gasteiger partial charge on any atom is -0.379 e. The first-order chi connectivity index (χ1) is 6.24. The Kier molecular flexibility index (Phi) is 4.70.